The fourth-order valence-electron chi connectivity index (χ4n) is 2.89. The molecule has 0 spiro atoms. The lowest BCUT2D eigenvalue weighted by atomic mass is 9.98. The highest BCUT2D eigenvalue weighted by Crippen LogP contribution is 2.36. The Morgan fingerprint density at radius 2 is 1.79 bits per heavy atom. The summed E-state index contributed by atoms with van der Waals surface area (Å²) < 4.78 is 0. The van der Waals surface area contributed by atoms with E-state index in [9.17, 15) is 15.3 Å². The van der Waals surface area contributed by atoms with Crippen LogP contribution in [0.5, 0.6) is 0 Å². The van der Waals surface area contributed by atoms with Gasteiger partial charge in [-0.3, -0.25) is 4.79 Å². The number of thioether (sulfide) groups is 1. The smallest absolute Gasteiger partial charge is 0.248 e. The summed E-state index contributed by atoms with van der Waals surface area (Å²) in [6.07, 6.45) is 0.649. The van der Waals surface area contributed by atoms with Crippen LogP contribution < -0.4 is 5.73 Å². The molecule has 3 rings (SSSR count). The zero-order valence-corrected chi connectivity index (χ0v) is 16.8. The van der Waals surface area contributed by atoms with Gasteiger partial charge in [0.05, 0.1) is 11.1 Å². The third-order valence-corrected chi connectivity index (χ3v) is 5.50. The zero-order chi connectivity index (χ0) is 20.8. The molecule has 0 aliphatic carbocycles. The van der Waals surface area contributed by atoms with Gasteiger partial charge in [-0.2, -0.15) is 10.5 Å². The summed E-state index contributed by atoms with van der Waals surface area (Å²) in [7, 11) is 0. The Morgan fingerprint density at radius 1 is 1.07 bits per heavy atom. The summed E-state index contributed by atoms with van der Waals surface area (Å²) in [5, 5.41) is 19.9. The van der Waals surface area contributed by atoms with Crippen LogP contribution in [0.2, 0.25) is 5.15 Å². The second kappa shape index (κ2) is 9.25. The first-order chi connectivity index (χ1) is 14.0. The molecule has 29 heavy (non-hydrogen) atoms. The Labute approximate surface area is 177 Å². The number of aromatic nitrogens is 1. The van der Waals surface area contributed by atoms with Gasteiger partial charge in [-0.25, -0.2) is 4.98 Å². The first-order valence-electron chi connectivity index (χ1n) is 8.65. The molecule has 0 aliphatic heterocycles. The summed E-state index contributed by atoms with van der Waals surface area (Å²) in [6, 6.07) is 20.6. The molecule has 0 aliphatic rings. The molecule has 1 aromatic heterocycles. The van der Waals surface area contributed by atoms with Gasteiger partial charge < -0.3 is 5.73 Å². The summed E-state index contributed by atoms with van der Waals surface area (Å²) in [6.45, 7) is 0. The molecule has 0 saturated carbocycles. The third-order valence-electron chi connectivity index (χ3n) is 4.25. The quantitative estimate of drug-likeness (QED) is 0.466. The molecule has 1 amide bonds. The third kappa shape index (κ3) is 4.57. The molecule has 5 nitrogen and oxygen atoms in total. The number of benzene rings is 2. The monoisotopic (exact) mass is 418 g/mol. The number of nitrogens with two attached hydrogens (primary N) is 1. The van der Waals surface area contributed by atoms with E-state index in [1.165, 1.54) is 11.8 Å². The van der Waals surface area contributed by atoms with Crippen LogP contribution in [-0.2, 0) is 6.42 Å². The minimum Gasteiger partial charge on any atom is -0.366 e. The highest BCUT2D eigenvalue weighted by atomic mass is 35.5. The topological polar surface area (TPSA) is 104 Å². The van der Waals surface area contributed by atoms with Crippen LogP contribution in [0, 0.1) is 22.7 Å². The maximum Gasteiger partial charge on any atom is 0.248 e. The predicted octanol–water partition coefficient (Wildman–Crippen LogP) is 4.58. The van der Waals surface area contributed by atoms with Crippen LogP contribution in [0.25, 0.3) is 11.1 Å². The number of nitriles is 2. The van der Waals surface area contributed by atoms with E-state index in [4.69, 9.17) is 17.3 Å². The van der Waals surface area contributed by atoms with Crippen LogP contribution >= 0.6 is 23.4 Å². The predicted molar refractivity (Wildman–Crippen MR) is 114 cm³/mol. The number of carbonyl (C=O) groups is 1. The molecule has 0 fully saturated rings. The number of primary amides is 1. The molecule has 142 valence electrons. The standard InChI is InChI=1S/C22H15ClN4OS/c23-20-17(12-24)19(15-6-2-1-3-7-15)18(13-25)22(27-20)29-10-9-14-5-4-8-16(11-14)21(26)28/h1-8,11H,9-10H2,(H2,26,28). The van der Waals surface area contributed by atoms with Crippen molar-refractivity contribution in [2.24, 2.45) is 5.73 Å². The number of hydrogen-bond acceptors (Lipinski definition) is 5. The fraction of sp³-hybridized carbons (Fsp3) is 0.0909. The average molecular weight is 419 g/mol. The van der Waals surface area contributed by atoms with Crippen molar-refractivity contribution in [1.29, 1.82) is 10.5 Å². The van der Waals surface area contributed by atoms with Gasteiger partial charge in [0, 0.05) is 16.9 Å². The lowest BCUT2D eigenvalue weighted by Gasteiger charge is -2.12. The number of halogens is 1. The van der Waals surface area contributed by atoms with Gasteiger partial charge >= 0.3 is 0 Å². The minimum absolute atomic E-state index is 0.0728. The molecular weight excluding hydrogens is 404 g/mol. The first kappa shape index (κ1) is 20.4. The van der Waals surface area contributed by atoms with Crippen LogP contribution in [0.1, 0.15) is 27.0 Å². The largest absolute Gasteiger partial charge is 0.366 e. The highest BCUT2D eigenvalue weighted by molar-refractivity contribution is 7.99. The molecule has 0 radical (unpaired) electrons. The van der Waals surface area contributed by atoms with Crippen LogP contribution in [0.4, 0.5) is 0 Å². The Morgan fingerprint density at radius 3 is 2.45 bits per heavy atom. The number of rotatable bonds is 6. The SMILES string of the molecule is N#Cc1c(Cl)nc(SCCc2cccc(C(N)=O)c2)c(C#N)c1-c1ccccc1. The van der Waals surface area contributed by atoms with Gasteiger partial charge in [0.2, 0.25) is 5.91 Å². The van der Waals surface area contributed by atoms with Gasteiger partial charge in [0.25, 0.3) is 0 Å². The van der Waals surface area contributed by atoms with Crippen molar-refractivity contribution in [3.8, 4) is 23.3 Å². The number of hydrogen-bond donors (Lipinski definition) is 1. The number of nitrogens with zero attached hydrogens (tertiary/aromatic N) is 3. The molecule has 0 unspecified atom stereocenters. The van der Waals surface area contributed by atoms with E-state index in [-0.39, 0.29) is 10.7 Å². The van der Waals surface area contributed by atoms with Crippen molar-refractivity contribution in [2.75, 3.05) is 5.75 Å². The van der Waals surface area contributed by atoms with Gasteiger partial charge in [0.15, 0.2) is 0 Å². The zero-order valence-electron chi connectivity index (χ0n) is 15.2. The molecule has 0 atom stereocenters. The van der Waals surface area contributed by atoms with Crippen molar-refractivity contribution in [1.82, 2.24) is 4.98 Å². The Kier molecular flexibility index (Phi) is 6.51. The second-order valence-corrected chi connectivity index (χ2v) is 7.53. The molecule has 2 aromatic carbocycles. The van der Waals surface area contributed by atoms with Crippen molar-refractivity contribution in [2.45, 2.75) is 11.4 Å². The summed E-state index contributed by atoms with van der Waals surface area (Å²) in [5.74, 6) is 0.139. The summed E-state index contributed by atoms with van der Waals surface area (Å²) in [5.41, 5.74) is 8.48. The fourth-order valence-corrected chi connectivity index (χ4v) is 4.14. The number of amides is 1. The number of aryl methyl sites for hydroxylation is 1. The minimum atomic E-state index is -0.473. The van der Waals surface area contributed by atoms with Gasteiger partial charge in [0.1, 0.15) is 22.3 Å². The van der Waals surface area contributed by atoms with E-state index in [1.807, 2.05) is 36.4 Å². The molecule has 7 heteroatoms. The number of pyridine rings is 1. The van der Waals surface area contributed by atoms with Gasteiger partial charge in [-0.1, -0.05) is 54.1 Å². The van der Waals surface area contributed by atoms with E-state index in [1.54, 1.807) is 18.2 Å². The van der Waals surface area contributed by atoms with Gasteiger partial charge in [-0.15, -0.1) is 11.8 Å². The molecule has 1 heterocycles. The Hall–Kier alpha value is -3.32. The second-order valence-electron chi connectivity index (χ2n) is 6.09. The number of carbonyl (C=O) groups excluding carboxylic acids is 1. The van der Waals surface area contributed by atoms with Crippen molar-refractivity contribution < 1.29 is 4.79 Å². The van der Waals surface area contributed by atoms with Crippen molar-refractivity contribution in [3.05, 3.63) is 82.0 Å². The van der Waals surface area contributed by atoms with Crippen molar-refractivity contribution >= 4 is 29.3 Å². The van der Waals surface area contributed by atoms with Crippen LogP contribution in [-0.4, -0.2) is 16.6 Å². The lowest BCUT2D eigenvalue weighted by molar-refractivity contribution is 0.1000. The van der Waals surface area contributed by atoms with E-state index < -0.39 is 5.91 Å². The Balaban J connectivity index is 1.91. The van der Waals surface area contributed by atoms with Crippen LogP contribution in [0.15, 0.2) is 59.6 Å². The van der Waals surface area contributed by atoms with Crippen LogP contribution in [0.3, 0.4) is 0 Å². The lowest BCUT2D eigenvalue weighted by Crippen LogP contribution is -2.11. The first-order valence-corrected chi connectivity index (χ1v) is 10.0. The Bertz CT molecular complexity index is 1150. The molecule has 2 N–H and O–H groups in total. The van der Waals surface area contributed by atoms with E-state index in [2.05, 4.69) is 17.1 Å². The van der Waals surface area contributed by atoms with Gasteiger partial charge in [-0.05, 0) is 29.7 Å². The average Bonchev–Trinajstić information content (AvgIpc) is 2.74. The molecule has 3 aromatic rings. The van der Waals surface area contributed by atoms with E-state index in [0.717, 1.165) is 11.1 Å². The van der Waals surface area contributed by atoms with E-state index >= 15 is 0 Å². The molecule has 0 bridgehead atoms. The summed E-state index contributed by atoms with van der Waals surface area (Å²) >= 11 is 7.64. The van der Waals surface area contributed by atoms with Crippen molar-refractivity contribution in [3.63, 3.8) is 0 Å². The molecule has 0 saturated heterocycles. The maximum atomic E-state index is 11.3. The van der Waals surface area contributed by atoms with E-state index in [0.29, 0.717) is 33.9 Å². The molecular formula is C22H15ClN4OS. The summed E-state index contributed by atoms with van der Waals surface area (Å²) in [4.78, 5) is 15.6. The highest BCUT2D eigenvalue weighted by Gasteiger charge is 2.20. The maximum absolute atomic E-state index is 11.3. The normalized spacial score (nSPS) is 10.2.